The van der Waals surface area contributed by atoms with Crippen LogP contribution in [0, 0.1) is 0 Å². The zero-order chi connectivity index (χ0) is 32.9. The van der Waals surface area contributed by atoms with Gasteiger partial charge in [-0.25, -0.2) is 0 Å². The maximum absolute atomic E-state index is 5.60. The largest absolute Gasteiger partial charge is 0.497 e. The molecule has 3 nitrogen and oxygen atoms in total. The molecule has 0 radical (unpaired) electrons. The van der Waals surface area contributed by atoms with Gasteiger partial charge in [0, 0.05) is 0 Å². The van der Waals surface area contributed by atoms with E-state index in [1.807, 2.05) is 36.4 Å². The number of benzene rings is 7. The summed E-state index contributed by atoms with van der Waals surface area (Å²) in [4.78, 5) is 0. The standard InChI is InChI=1S/C45H36O3/c1-46-37-16-10-13-31(28-37)40-19-4-7-22-43(40)34-25-35(44-23-8-5-20-41(44)32-14-11-17-38(29-32)47-2)27-36(26-34)45-24-9-6-21-42(45)33-15-12-18-39(30-33)48-3/h4-30H,1-3H3. The van der Waals surface area contributed by atoms with Crippen molar-refractivity contribution in [2.75, 3.05) is 21.3 Å². The van der Waals surface area contributed by atoms with Crippen molar-refractivity contribution in [3.8, 4) is 84.0 Å². The molecule has 234 valence electrons. The van der Waals surface area contributed by atoms with Crippen molar-refractivity contribution < 1.29 is 14.2 Å². The minimum absolute atomic E-state index is 0.830. The second-order valence-corrected chi connectivity index (χ2v) is 11.6. The molecule has 0 spiro atoms. The van der Waals surface area contributed by atoms with E-state index in [0.29, 0.717) is 0 Å². The average Bonchev–Trinajstić information content (AvgIpc) is 3.17. The summed E-state index contributed by atoms with van der Waals surface area (Å²) in [7, 11) is 5.13. The second-order valence-electron chi connectivity index (χ2n) is 11.6. The summed E-state index contributed by atoms with van der Waals surface area (Å²) < 4.78 is 16.8. The van der Waals surface area contributed by atoms with Gasteiger partial charge in [0.25, 0.3) is 0 Å². The van der Waals surface area contributed by atoms with Gasteiger partial charge in [0.1, 0.15) is 17.2 Å². The lowest BCUT2D eigenvalue weighted by Crippen LogP contribution is -1.92. The van der Waals surface area contributed by atoms with Gasteiger partial charge in [-0.1, -0.05) is 109 Å². The Morgan fingerprint density at radius 1 is 0.250 bits per heavy atom. The summed E-state index contributed by atoms with van der Waals surface area (Å²) in [5.74, 6) is 2.49. The second kappa shape index (κ2) is 13.7. The van der Waals surface area contributed by atoms with Crippen molar-refractivity contribution in [1.29, 1.82) is 0 Å². The third-order valence-electron chi connectivity index (χ3n) is 8.79. The lowest BCUT2D eigenvalue weighted by atomic mass is 9.86. The smallest absolute Gasteiger partial charge is 0.119 e. The van der Waals surface area contributed by atoms with E-state index in [0.717, 1.165) is 84.0 Å². The van der Waals surface area contributed by atoms with Crippen molar-refractivity contribution in [2.45, 2.75) is 0 Å². The fraction of sp³-hybridized carbons (Fsp3) is 0.0667. The van der Waals surface area contributed by atoms with Crippen molar-refractivity contribution in [1.82, 2.24) is 0 Å². The normalized spacial score (nSPS) is 10.8. The lowest BCUT2D eigenvalue weighted by molar-refractivity contribution is 0.415. The van der Waals surface area contributed by atoms with E-state index in [-0.39, 0.29) is 0 Å². The topological polar surface area (TPSA) is 27.7 Å². The van der Waals surface area contributed by atoms with E-state index in [4.69, 9.17) is 14.2 Å². The number of methoxy groups -OCH3 is 3. The molecule has 0 atom stereocenters. The van der Waals surface area contributed by atoms with E-state index in [1.165, 1.54) is 0 Å². The molecule has 0 N–H and O–H groups in total. The van der Waals surface area contributed by atoms with Crippen LogP contribution in [0.4, 0.5) is 0 Å². The van der Waals surface area contributed by atoms with Crippen LogP contribution in [0.15, 0.2) is 164 Å². The van der Waals surface area contributed by atoms with E-state index >= 15 is 0 Å². The summed E-state index contributed by atoms with van der Waals surface area (Å²) >= 11 is 0. The quantitative estimate of drug-likeness (QED) is 0.160. The Labute approximate surface area is 282 Å². The number of ether oxygens (including phenoxy) is 3. The first-order chi connectivity index (χ1) is 23.6. The van der Waals surface area contributed by atoms with Crippen LogP contribution in [0.3, 0.4) is 0 Å². The summed E-state index contributed by atoms with van der Waals surface area (Å²) in [6.07, 6.45) is 0. The van der Waals surface area contributed by atoms with Crippen LogP contribution in [0.2, 0.25) is 0 Å². The molecule has 0 aliphatic heterocycles. The Balaban J connectivity index is 1.48. The molecule has 0 heterocycles. The van der Waals surface area contributed by atoms with Gasteiger partial charge < -0.3 is 14.2 Å². The van der Waals surface area contributed by atoms with Crippen molar-refractivity contribution in [3.63, 3.8) is 0 Å². The first-order valence-corrected chi connectivity index (χ1v) is 16.0. The molecule has 7 aromatic carbocycles. The molecular weight excluding hydrogens is 588 g/mol. The lowest BCUT2D eigenvalue weighted by Gasteiger charge is -2.18. The summed E-state index contributed by atoms with van der Waals surface area (Å²) in [5.41, 5.74) is 13.5. The molecule has 0 amide bonds. The Morgan fingerprint density at radius 3 is 0.750 bits per heavy atom. The van der Waals surface area contributed by atoms with Gasteiger partial charge in [-0.15, -0.1) is 0 Å². The maximum atomic E-state index is 5.60. The first kappa shape index (κ1) is 30.6. The molecule has 3 heteroatoms. The minimum atomic E-state index is 0.830. The first-order valence-electron chi connectivity index (χ1n) is 16.0. The third-order valence-corrected chi connectivity index (χ3v) is 8.79. The van der Waals surface area contributed by atoms with Gasteiger partial charge in [-0.3, -0.25) is 0 Å². The number of hydrogen-bond donors (Lipinski definition) is 0. The SMILES string of the molecule is COc1cccc(-c2ccccc2-c2cc(-c3ccccc3-c3cccc(OC)c3)cc(-c3ccccc3-c3cccc(OC)c3)c2)c1. The zero-order valence-electron chi connectivity index (χ0n) is 27.3. The summed E-state index contributed by atoms with van der Waals surface area (Å²) in [6.45, 7) is 0. The molecule has 48 heavy (non-hydrogen) atoms. The van der Waals surface area contributed by atoms with Crippen molar-refractivity contribution in [2.24, 2.45) is 0 Å². The fourth-order valence-corrected chi connectivity index (χ4v) is 6.43. The van der Waals surface area contributed by atoms with Gasteiger partial charge in [-0.05, 0) is 121 Å². The molecule has 0 bridgehead atoms. The molecule has 0 aromatic heterocycles. The van der Waals surface area contributed by atoms with E-state index < -0.39 is 0 Å². The summed E-state index contributed by atoms with van der Waals surface area (Å²) in [6, 6.07) is 57.5. The van der Waals surface area contributed by atoms with Gasteiger partial charge in [0.05, 0.1) is 21.3 Å². The Kier molecular flexibility index (Phi) is 8.76. The highest BCUT2D eigenvalue weighted by atomic mass is 16.5. The van der Waals surface area contributed by atoms with Gasteiger partial charge in [-0.2, -0.15) is 0 Å². The van der Waals surface area contributed by atoms with Crippen LogP contribution in [-0.2, 0) is 0 Å². The monoisotopic (exact) mass is 624 g/mol. The number of rotatable bonds is 9. The van der Waals surface area contributed by atoms with Crippen molar-refractivity contribution >= 4 is 0 Å². The highest BCUT2D eigenvalue weighted by Crippen LogP contribution is 2.42. The maximum Gasteiger partial charge on any atom is 0.119 e. The molecular formula is C45H36O3. The van der Waals surface area contributed by atoms with E-state index in [1.54, 1.807) is 21.3 Å². The van der Waals surface area contributed by atoms with Crippen LogP contribution in [0.1, 0.15) is 0 Å². The molecule has 7 rings (SSSR count). The average molecular weight is 625 g/mol. The Morgan fingerprint density at radius 2 is 0.500 bits per heavy atom. The molecule has 0 fully saturated rings. The Hall–Kier alpha value is -6.06. The Bertz CT molecular complexity index is 1950. The van der Waals surface area contributed by atoms with Crippen LogP contribution in [-0.4, -0.2) is 21.3 Å². The van der Waals surface area contributed by atoms with Gasteiger partial charge in [0.2, 0.25) is 0 Å². The fourth-order valence-electron chi connectivity index (χ4n) is 6.43. The van der Waals surface area contributed by atoms with Crippen LogP contribution < -0.4 is 14.2 Å². The highest BCUT2D eigenvalue weighted by Gasteiger charge is 2.16. The molecule has 0 aliphatic carbocycles. The van der Waals surface area contributed by atoms with Crippen LogP contribution >= 0.6 is 0 Å². The number of hydrogen-bond acceptors (Lipinski definition) is 3. The van der Waals surface area contributed by atoms with Crippen LogP contribution in [0.25, 0.3) is 66.8 Å². The zero-order valence-corrected chi connectivity index (χ0v) is 27.3. The van der Waals surface area contributed by atoms with E-state index in [9.17, 15) is 0 Å². The molecule has 7 aromatic rings. The van der Waals surface area contributed by atoms with Gasteiger partial charge in [0.15, 0.2) is 0 Å². The van der Waals surface area contributed by atoms with Crippen molar-refractivity contribution in [3.05, 3.63) is 164 Å². The minimum Gasteiger partial charge on any atom is -0.497 e. The van der Waals surface area contributed by atoms with Crippen LogP contribution in [0.5, 0.6) is 17.2 Å². The summed E-state index contributed by atoms with van der Waals surface area (Å²) in [5, 5.41) is 0. The highest BCUT2D eigenvalue weighted by molar-refractivity contribution is 5.94. The molecule has 0 aliphatic rings. The predicted molar refractivity (Wildman–Crippen MR) is 199 cm³/mol. The molecule has 0 saturated carbocycles. The van der Waals surface area contributed by atoms with Gasteiger partial charge >= 0.3 is 0 Å². The van der Waals surface area contributed by atoms with E-state index in [2.05, 4.69) is 127 Å². The molecule has 0 saturated heterocycles. The predicted octanol–water partition coefficient (Wildman–Crippen LogP) is 11.7. The molecule has 0 unspecified atom stereocenters. The third kappa shape index (κ3) is 6.19.